The lowest BCUT2D eigenvalue weighted by Gasteiger charge is -2.18. The molecule has 1 aliphatic rings. The fourth-order valence-corrected chi connectivity index (χ4v) is 2.98. The van der Waals surface area contributed by atoms with Crippen molar-refractivity contribution >= 4 is 11.9 Å². The summed E-state index contributed by atoms with van der Waals surface area (Å²) >= 11 is 0. The van der Waals surface area contributed by atoms with Gasteiger partial charge in [-0.1, -0.05) is 0 Å². The lowest BCUT2D eigenvalue weighted by Crippen LogP contribution is -2.34. The van der Waals surface area contributed by atoms with E-state index in [0.717, 1.165) is 5.69 Å². The molecule has 1 N–H and O–H groups in total. The number of likely N-dealkylation sites (tertiary alicyclic amines) is 1. The van der Waals surface area contributed by atoms with Crippen molar-refractivity contribution in [3.63, 3.8) is 0 Å². The zero-order valence-corrected chi connectivity index (χ0v) is 14.5. The molecule has 0 aliphatic carbocycles. The number of hydrogen-bond acceptors (Lipinski definition) is 7. The highest BCUT2D eigenvalue weighted by Gasteiger charge is 2.37. The van der Waals surface area contributed by atoms with Gasteiger partial charge in [0.05, 0.1) is 25.2 Å². The van der Waals surface area contributed by atoms with Crippen LogP contribution in [0.25, 0.3) is 0 Å². The summed E-state index contributed by atoms with van der Waals surface area (Å²) in [4.78, 5) is 27.0. The van der Waals surface area contributed by atoms with Crippen LogP contribution >= 0.6 is 0 Å². The van der Waals surface area contributed by atoms with Crippen LogP contribution in [0, 0.1) is 0 Å². The average molecular weight is 346 g/mol. The van der Waals surface area contributed by atoms with E-state index in [-0.39, 0.29) is 24.5 Å². The number of nitrogens with one attached hydrogen (secondary N) is 1. The van der Waals surface area contributed by atoms with Crippen LogP contribution in [0.3, 0.4) is 0 Å². The van der Waals surface area contributed by atoms with E-state index < -0.39 is 0 Å². The van der Waals surface area contributed by atoms with Crippen LogP contribution in [-0.4, -0.2) is 70.3 Å². The molecule has 2 aromatic heterocycles. The molecule has 3 rings (SSSR count). The number of methoxy groups -OCH3 is 2. The summed E-state index contributed by atoms with van der Waals surface area (Å²) in [7, 11) is 5.00. The maximum Gasteiger partial charge on any atom is 0.248 e. The van der Waals surface area contributed by atoms with Gasteiger partial charge in [-0.2, -0.15) is 4.98 Å². The quantitative estimate of drug-likeness (QED) is 0.802. The largest absolute Gasteiger partial charge is 0.481 e. The molecular weight excluding hydrogens is 324 g/mol. The molecule has 0 saturated carbocycles. The molecule has 2 aromatic rings. The number of nitrogens with zero attached hydrogens (tertiary/aromatic N) is 5. The number of amides is 1. The predicted octanol–water partition coefficient (Wildman–Crippen LogP) is 0.272. The number of rotatable bonds is 6. The minimum absolute atomic E-state index is 0.0387. The van der Waals surface area contributed by atoms with E-state index >= 15 is 0 Å². The molecule has 1 aliphatic heterocycles. The number of carbonyl (C=O) groups excluding carboxylic acids is 1. The van der Waals surface area contributed by atoms with Crippen LogP contribution in [0.5, 0.6) is 5.88 Å². The van der Waals surface area contributed by atoms with Crippen molar-refractivity contribution in [2.24, 2.45) is 7.05 Å². The van der Waals surface area contributed by atoms with Gasteiger partial charge in [0, 0.05) is 51.6 Å². The minimum atomic E-state index is -0.0530. The molecule has 3 heterocycles. The van der Waals surface area contributed by atoms with Crippen molar-refractivity contribution in [3.8, 4) is 5.88 Å². The van der Waals surface area contributed by atoms with Gasteiger partial charge in [-0.05, 0) is 0 Å². The second-order valence-electron chi connectivity index (χ2n) is 5.98. The third-order valence-electron chi connectivity index (χ3n) is 4.20. The van der Waals surface area contributed by atoms with Crippen molar-refractivity contribution in [2.75, 3.05) is 39.2 Å². The third-order valence-corrected chi connectivity index (χ3v) is 4.20. The maximum absolute atomic E-state index is 12.2. The van der Waals surface area contributed by atoms with E-state index in [2.05, 4.69) is 20.3 Å². The van der Waals surface area contributed by atoms with Crippen LogP contribution in [0.2, 0.25) is 0 Å². The summed E-state index contributed by atoms with van der Waals surface area (Å²) < 4.78 is 12.0. The first-order valence-corrected chi connectivity index (χ1v) is 7.99. The molecule has 25 heavy (non-hydrogen) atoms. The van der Waals surface area contributed by atoms with Crippen LogP contribution in [0.1, 0.15) is 11.6 Å². The number of imidazole rings is 1. The Hall–Kier alpha value is -2.68. The van der Waals surface area contributed by atoms with Crippen molar-refractivity contribution in [1.29, 1.82) is 0 Å². The van der Waals surface area contributed by atoms with Crippen molar-refractivity contribution in [2.45, 2.75) is 12.0 Å². The van der Waals surface area contributed by atoms with Gasteiger partial charge in [0.1, 0.15) is 6.61 Å². The van der Waals surface area contributed by atoms with Gasteiger partial charge in [0.25, 0.3) is 0 Å². The zero-order chi connectivity index (χ0) is 17.8. The number of aryl methyl sites for hydroxylation is 1. The summed E-state index contributed by atoms with van der Waals surface area (Å²) in [5, 5.41) is 3.31. The number of carbonyl (C=O) groups is 1. The topological polar surface area (TPSA) is 94.4 Å². The highest BCUT2D eigenvalue weighted by atomic mass is 16.5. The monoisotopic (exact) mass is 346 g/mol. The minimum Gasteiger partial charge on any atom is -0.481 e. The Bertz CT molecular complexity index is 734. The summed E-state index contributed by atoms with van der Waals surface area (Å²) in [6.45, 7) is 1.17. The molecule has 1 saturated heterocycles. The number of anilines is 1. The predicted molar refractivity (Wildman–Crippen MR) is 90.4 cm³/mol. The van der Waals surface area contributed by atoms with E-state index in [1.807, 2.05) is 17.8 Å². The highest BCUT2D eigenvalue weighted by molar-refractivity contribution is 5.78. The van der Waals surface area contributed by atoms with Gasteiger partial charge >= 0.3 is 0 Å². The molecule has 134 valence electrons. The van der Waals surface area contributed by atoms with Gasteiger partial charge < -0.3 is 24.3 Å². The Labute approximate surface area is 146 Å². The molecular formula is C16H22N6O3. The Balaban J connectivity index is 1.81. The normalized spacial score (nSPS) is 19.9. The van der Waals surface area contributed by atoms with E-state index in [0.29, 0.717) is 24.9 Å². The standard InChI is InChI=1S/C16H22N6O3/c1-21-7-12(18-10-21)11-6-22(15(23)9-24-2)8-13(11)19-16-17-5-4-14(20-16)25-3/h4-5,7,10-11,13H,6,8-9H2,1-3H3,(H,17,19,20)/t11-,13+/m0/s1. The maximum atomic E-state index is 12.2. The van der Waals surface area contributed by atoms with Gasteiger partial charge in [0.15, 0.2) is 0 Å². The number of hydrogen-bond donors (Lipinski definition) is 1. The van der Waals surface area contributed by atoms with Crippen LogP contribution < -0.4 is 10.1 Å². The fraction of sp³-hybridized carbons (Fsp3) is 0.500. The van der Waals surface area contributed by atoms with Crippen molar-refractivity contribution in [3.05, 3.63) is 30.5 Å². The van der Waals surface area contributed by atoms with Crippen LogP contribution in [0.4, 0.5) is 5.95 Å². The molecule has 1 fully saturated rings. The molecule has 0 bridgehead atoms. The van der Waals surface area contributed by atoms with Gasteiger partial charge in [-0.25, -0.2) is 9.97 Å². The zero-order valence-electron chi connectivity index (χ0n) is 14.5. The molecule has 9 nitrogen and oxygen atoms in total. The summed E-state index contributed by atoms with van der Waals surface area (Å²) in [5.41, 5.74) is 0.926. The molecule has 1 amide bonds. The first-order chi connectivity index (χ1) is 12.1. The average Bonchev–Trinajstić information content (AvgIpc) is 3.21. The van der Waals surface area contributed by atoms with E-state index in [1.165, 1.54) is 7.11 Å². The molecule has 9 heteroatoms. The lowest BCUT2D eigenvalue weighted by molar-refractivity contribution is -0.134. The molecule has 0 unspecified atom stereocenters. The Kier molecular flexibility index (Phi) is 5.13. The second kappa shape index (κ2) is 7.47. The Morgan fingerprint density at radius 2 is 2.20 bits per heavy atom. The van der Waals surface area contributed by atoms with E-state index in [1.54, 1.807) is 30.6 Å². The summed E-state index contributed by atoms with van der Waals surface area (Å²) in [6, 6.07) is 1.63. The first-order valence-electron chi connectivity index (χ1n) is 7.99. The highest BCUT2D eigenvalue weighted by Crippen LogP contribution is 2.28. The summed E-state index contributed by atoms with van der Waals surface area (Å²) in [5.74, 6) is 0.944. The summed E-state index contributed by atoms with van der Waals surface area (Å²) in [6.07, 6.45) is 5.36. The third kappa shape index (κ3) is 3.87. The second-order valence-corrected chi connectivity index (χ2v) is 5.98. The van der Waals surface area contributed by atoms with E-state index in [9.17, 15) is 4.79 Å². The smallest absolute Gasteiger partial charge is 0.248 e. The molecule has 0 aromatic carbocycles. The SMILES string of the molecule is COCC(=O)N1C[C@@H](Nc2nccc(OC)n2)[C@H](c2cn(C)cn2)C1. The van der Waals surface area contributed by atoms with Gasteiger partial charge in [-0.15, -0.1) is 0 Å². The Morgan fingerprint density at radius 1 is 1.36 bits per heavy atom. The van der Waals surface area contributed by atoms with E-state index in [4.69, 9.17) is 9.47 Å². The lowest BCUT2D eigenvalue weighted by atomic mass is 10.0. The fourth-order valence-electron chi connectivity index (χ4n) is 2.98. The number of aromatic nitrogens is 4. The molecule has 0 spiro atoms. The van der Waals surface area contributed by atoms with Gasteiger partial charge in [-0.3, -0.25) is 4.79 Å². The molecule has 2 atom stereocenters. The Morgan fingerprint density at radius 3 is 2.88 bits per heavy atom. The van der Waals surface area contributed by atoms with Crippen molar-refractivity contribution < 1.29 is 14.3 Å². The first kappa shape index (κ1) is 17.2. The number of ether oxygens (including phenoxy) is 2. The van der Waals surface area contributed by atoms with Crippen LogP contribution in [0.15, 0.2) is 24.8 Å². The molecule has 0 radical (unpaired) electrons. The van der Waals surface area contributed by atoms with Gasteiger partial charge in [0.2, 0.25) is 17.7 Å². The van der Waals surface area contributed by atoms with Crippen LogP contribution in [-0.2, 0) is 16.6 Å². The van der Waals surface area contributed by atoms with Crippen molar-refractivity contribution in [1.82, 2.24) is 24.4 Å².